The van der Waals surface area contributed by atoms with Gasteiger partial charge in [0.2, 0.25) is 0 Å². The molecule has 0 aliphatic rings. The van der Waals surface area contributed by atoms with E-state index in [0.717, 1.165) is 17.0 Å². The van der Waals surface area contributed by atoms with Gasteiger partial charge in [-0.15, -0.1) is 11.3 Å². The van der Waals surface area contributed by atoms with Crippen LogP contribution in [-0.4, -0.2) is 18.2 Å². The molecule has 106 valence electrons. The van der Waals surface area contributed by atoms with Crippen LogP contribution in [0.15, 0.2) is 36.4 Å². The normalized spacial score (nSPS) is 11.9. The highest BCUT2D eigenvalue weighted by molar-refractivity contribution is 7.12. The summed E-state index contributed by atoms with van der Waals surface area (Å²) in [5, 5.41) is 12.4. The van der Waals surface area contributed by atoms with Gasteiger partial charge < -0.3 is 15.2 Å². The molecule has 0 saturated carbocycles. The number of ether oxygens (including phenoxy) is 1. The Kier molecular flexibility index (Phi) is 4.63. The molecule has 1 unspecified atom stereocenters. The summed E-state index contributed by atoms with van der Waals surface area (Å²) in [6.07, 6.45) is 0.913. The zero-order valence-corrected chi connectivity index (χ0v) is 12.2. The third-order valence-electron chi connectivity index (χ3n) is 2.94. The summed E-state index contributed by atoms with van der Waals surface area (Å²) < 4.78 is 5.14. The molecule has 0 bridgehead atoms. The Balaban J connectivity index is 2.23. The number of rotatable bonds is 6. The first kappa shape index (κ1) is 14.4. The molecule has 0 amide bonds. The van der Waals surface area contributed by atoms with Gasteiger partial charge in [-0.25, -0.2) is 4.79 Å². The van der Waals surface area contributed by atoms with Gasteiger partial charge >= 0.3 is 5.97 Å². The first-order valence-electron chi connectivity index (χ1n) is 6.36. The molecule has 1 heterocycles. The first-order valence-corrected chi connectivity index (χ1v) is 7.17. The summed E-state index contributed by atoms with van der Waals surface area (Å²) >= 11 is 1.52. The lowest BCUT2D eigenvalue weighted by Gasteiger charge is -2.15. The number of carboxylic acids is 1. The van der Waals surface area contributed by atoms with Crippen LogP contribution in [-0.2, 0) is 11.2 Å². The minimum Gasteiger partial charge on any atom is -0.497 e. The van der Waals surface area contributed by atoms with Gasteiger partial charge in [0, 0.05) is 21.5 Å². The molecular weight excluding hydrogens is 274 g/mol. The van der Waals surface area contributed by atoms with E-state index in [1.807, 2.05) is 30.3 Å². The highest BCUT2D eigenvalue weighted by atomic mass is 32.1. The molecule has 2 rings (SSSR count). The summed E-state index contributed by atoms with van der Waals surface area (Å²) in [6.45, 7) is 2.06. The molecule has 4 nitrogen and oxygen atoms in total. The minimum atomic E-state index is -0.891. The van der Waals surface area contributed by atoms with Crippen molar-refractivity contribution in [2.24, 2.45) is 0 Å². The number of hydrogen-bond acceptors (Lipinski definition) is 4. The predicted molar refractivity (Wildman–Crippen MR) is 80.7 cm³/mol. The topological polar surface area (TPSA) is 58.6 Å². The van der Waals surface area contributed by atoms with E-state index >= 15 is 0 Å². The molecule has 1 aromatic heterocycles. The number of hydrogen-bond donors (Lipinski definition) is 2. The maximum Gasteiger partial charge on any atom is 0.331 e. The number of benzene rings is 1. The van der Waals surface area contributed by atoms with E-state index in [1.165, 1.54) is 16.2 Å². The third-order valence-corrected chi connectivity index (χ3v) is 4.24. The Labute approximate surface area is 122 Å². The fourth-order valence-corrected chi connectivity index (χ4v) is 2.87. The summed E-state index contributed by atoms with van der Waals surface area (Å²) in [5.74, 6) is -0.197. The van der Waals surface area contributed by atoms with Gasteiger partial charge in [-0.05, 0) is 30.7 Å². The smallest absolute Gasteiger partial charge is 0.331 e. The van der Waals surface area contributed by atoms with Crippen molar-refractivity contribution in [3.8, 4) is 5.75 Å². The fraction of sp³-hybridized carbons (Fsp3) is 0.267. The van der Waals surface area contributed by atoms with Crippen molar-refractivity contribution in [3.63, 3.8) is 0 Å². The van der Waals surface area contributed by atoms with Gasteiger partial charge in [-0.1, -0.05) is 13.0 Å². The zero-order chi connectivity index (χ0) is 14.5. The van der Waals surface area contributed by atoms with E-state index in [4.69, 9.17) is 4.74 Å². The highest BCUT2D eigenvalue weighted by Gasteiger charge is 2.21. The Hall–Kier alpha value is -2.01. The van der Waals surface area contributed by atoms with E-state index < -0.39 is 12.0 Å². The van der Waals surface area contributed by atoms with E-state index in [1.54, 1.807) is 13.2 Å². The average Bonchev–Trinajstić information content (AvgIpc) is 2.93. The predicted octanol–water partition coefficient (Wildman–Crippen LogP) is 3.56. The van der Waals surface area contributed by atoms with Crippen LogP contribution in [0.3, 0.4) is 0 Å². The number of thiophene rings is 1. The second-order valence-electron chi connectivity index (χ2n) is 4.31. The van der Waals surface area contributed by atoms with Crippen molar-refractivity contribution in [2.75, 3.05) is 12.4 Å². The SMILES string of the molecule is CCc1ccc(C(Nc2cccc(OC)c2)C(=O)O)s1. The lowest BCUT2D eigenvalue weighted by atomic mass is 10.2. The summed E-state index contributed by atoms with van der Waals surface area (Å²) in [4.78, 5) is 13.5. The lowest BCUT2D eigenvalue weighted by molar-refractivity contribution is -0.138. The van der Waals surface area contributed by atoms with Crippen LogP contribution in [0.2, 0.25) is 0 Å². The molecule has 1 atom stereocenters. The highest BCUT2D eigenvalue weighted by Crippen LogP contribution is 2.28. The second kappa shape index (κ2) is 6.43. The maximum atomic E-state index is 11.5. The van der Waals surface area contributed by atoms with Crippen LogP contribution in [0.4, 0.5) is 5.69 Å². The van der Waals surface area contributed by atoms with E-state index in [9.17, 15) is 9.90 Å². The molecule has 2 N–H and O–H groups in total. The quantitative estimate of drug-likeness (QED) is 0.854. The zero-order valence-electron chi connectivity index (χ0n) is 11.4. The molecule has 2 aromatic rings. The van der Waals surface area contributed by atoms with Crippen molar-refractivity contribution in [1.82, 2.24) is 0 Å². The van der Waals surface area contributed by atoms with Gasteiger partial charge in [-0.2, -0.15) is 0 Å². The van der Waals surface area contributed by atoms with E-state index in [0.29, 0.717) is 5.75 Å². The van der Waals surface area contributed by atoms with Gasteiger partial charge in [0.1, 0.15) is 5.75 Å². The minimum absolute atomic E-state index is 0.694. The van der Waals surface area contributed by atoms with Crippen molar-refractivity contribution < 1.29 is 14.6 Å². The number of methoxy groups -OCH3 is 1. The lowest BCUT2D eigenvalue weighted by Crippen LogP contribution is -2.19. The van der Waals surface area contributed by atoms with Crippen molar-refractivity contribution in [1.29, 1.82) is 0 Å². The Morgan fingerprint density at radius 1 is 1.40 bits per heavy atom. The van der Waals surface area contributed by atoms with Crippen molar-refractivity contribution in [3.05, 3.63) is 46.2 Å². The van der Waals surface area contributed by atoms with E-state index in [-0.39, 0.29) is 0 Å². The average molecular weight is 291 g/mol. The monoisotopic (exact) mass is 291 g/mol. The largest absolute Gasteiger partial charge is 0.497 e. The van der Waals surface area contributed by atoms with Gasteiger partial charge in [-0.3, -0.25) is 0 Å². The van der Waals surface area contributed by atoms with Gasteiger partial charge in [0.25, 0.3) is 0 Å². The van der Waals surface area contributed by atoms with Gasteiger partial charge in [0.05, 0.1) is 7.11 Å². The van der Waals surface area contributed by atoms with Crippen LogP contribution >= 0.6 is 11.3 Å². The standard InChI is InChI=1S/C15H17NO3S/c1-3-12-7-8-13(20-12)14(15(17)18)16-10-5-4-6-11(9-10)19-2/h4-9,14,16H,3H2,1-2H3,(H,17,18). The van der Waals surface area contributed by atoms with Crippen LogP contribution < -0.4 is 10.1 Å². The number of aliphatic carboxylic acids is 1. The summed E-state index contributed by atoms with van der Waals surface area (Å²) in [5.41, 5.74) is 0.725. The molecule has 5 heteroatoms. The summed E-state index contributed by atoms with van der Waals surface area (Å²) in [7, 11) is 1.58. The third kappa shape index (κ3) is 3.30. The first-order chi connectivity index (χ1) is 9.63. The van der Waals surface area contributed by atoms with E-state index in [2.05, 4.69) is 12.2 Å². The Morgan fingerprint density at radius 3 is 2.80 bits per heavy atom. The molecular formula is C15H17NO3S. The number of anilines is 1. The van der Waals surface area contributed by atoms with Crippen molar-refractivity contribution in [2.45, 2.75) is 19.4 Å². The molecule has 0 spiro atoms. The number of aryl methyl sites for hydroxylation is 1. The van der Waals surface area contributed by atoms with Gasteiger partial charge in [0.15, 0.2) is 6.04 Å². The van der Waals surface area contributed by atoms with Crippen LogP contribution in [0.1, 0.15) is 22.7 Å². The molecule has 0 saturated heterocycles. The van der Waals surface area contributed by atoms with Crippen LogP contribution in [0.5, 0.6) is 5.75 Å². The number of carbonyl (C=O) groups is 1. The molecule has 0 radical (unpaired) electrons. The molecule has 0 aliphatic heterocycles. The van der Waals surface area contributed by atoms with Crippen LogP contribution in [0.25, 0.3) is 0 Å². The fourth-order valence-electron chi connectivity index (χ4n) is 1.87. The number of carboxylic acid groups (broad SMARTS) is 1. The number of nitrogens with one attached hydrogen (secondary N) is 1. The molecule has 0 fully saturated rings. The molecule has 1 aromatic carbocycles. The maximum absolute atomic E-state index is 11.5. The van der Waals surface area contributed by atoms with Crippen molar-refractivity contribution >= 4 is 23.0 Å². The second-order valence-corrected chi connectivity index (χ2v) is 5.51. The Morgan fingerprint density at radius 2 is 2.20 bits per heavy atom. The molecule has 0 aliphatic carbocycles. The van der Waals surface area contributed by atoms with Crippen LogP contribution in [0, 0.1) is 0 Å². The summed E-state index contributed by atoms with van der Waals surface area (Å²) in [6, 6.07) is 10.4. The Bertz CT molecular complexity index is 594. The molecule has 20 heavy (non-hydrogen) atoms.